The van der Waals surface area contributed by atoms with Gasteiger partial charge >= 0.3 is 0 Å². The molecule has 4 N–H and O–H groups in total. The smallest absolute Gasteiger partial charge is 0.269 e. The molecule has 2 rings (SSSR count). The van der Waals surface area contributed by atoms with Crippen LogP contribution in [0.2, 0.25) is 0 Å². The summed E-state index contributed by atoms with van der Waals surface area (Å²) >= 11 is 4.94. The standard InChI is InChI=1S/C19H26N4O3S/c1-12(2)16(24)21-19(27)23-22-18(26)14-8-10-15(11-9-14)20-17(25)13-6-4-3-5-7-13/h8-13H,3-7H2,1-2H3,(H,20,25)(H,22,26)(H2,21,23,24,27). The summed E-state index contributed by atoms with van der Waals surface area (Å²) in [5, 5.41) is 5.40. The third-order valence-corrected chi connectivity index (χ3v) is 4.65. The fourth-order valence-corrected chi connectivity index (χ4v) is 2.94. The third kappa shape index (κ3) is 6.63. The molecule has 0 aromatic heterocycles. The highest BCUT2D eigenvalue weighted by Crippen LogP contribution is 2.25. The van der Waals surface area contributed by atoms with Gasteiger partial charge in [0, 0.05) is 23.1 Å². The zero-order valence-corrected chi connectivity index (χ0v) is 16.4. The molecule has 1 aliphatic carbocycles. The van der Waals surface area contributed by atoms with E-state index in [4.69, 9.17) is 12.2 Å². The maximum Gasteiger partial charge on any atom is 0.269 e. The minimum Gasteiger partial charge on any atom is -0.326 e. The molecule has 1 fully saturated rings. The first-order valence-electron chi connectivity index (χ1n) is 9.19. The number of hydrazine groups is 1. The Morgan fingerprint density at radius 2 is 1.63 bits per heavy atom. The van der Waals surface area contributed by atoms with E-state index in [0.29, 0.717) is 11.3 Å². The SMILES string of the molecule is CC(C)C(=O)NC(=S)NNC(=O)c1ccc(NC(=O)C2CCCCC2)cc1. The Morgan fingerprint density at radius 1 is 1.00 bits per heavy atom. The Morgan fingerprint density at radius 3 is 2.22 bits per heavy atom. The molecule has 1 aromatic rings. The van der Waals surface area contributed by atoms with Crippen molar-refractivity contribution >= 4 is 40.7 Å². The van der Waals surface area contributed by atoms with Gasteiger partial charge in [-0.15, -0.1) is 0 Å². The average molecular weight is 391 g/mol. The number of benzene rings is 1. The van der Waals surface area contributed by atoms with Gasteiger partial charge in [0.05, 0.1) is 0 Å². The topological polar surface area (TPSA) is 99.3 Å². The fourth-order valence-electron chi connectivity index (χ4n) is 2.79. The molecule has 0 saturated heterocycles. The van der Waals surface area contributed by atoms with Crippen molar-refractivity contribution in [2.75, 3.05) is 5.32 Å². The van der Waals surface area contributed by atoms with Crippen molar-refractivity contribution in [3.05, 3.63) is 29.8 Å². The zero-order chi connectivity index (χ0) is 19.8. The summed E-state index contributed by atoms with van der Waals surface area (Å²) in [6.45, 7) is 3.48. The average Bonchev–Trinajstić information content (AvgIpc) is 2.67. The van der Waals surface area contributed by atoms with E-state index < -0.39 is 5.91 Å². The van der Waals surface area contributed by atoms with E-state index in [1.165, 1.54) is 6.42 Å². The minimum atomic E-state index is -0.402. The molecule has 8 heteroatoms. The van der Waals surface area contributed by atoms with E-state index in [-0.39, 0.29) is 28.8 Å². The molecule has 0 heterocycles. The van der Waals surface area contributed by atoms with Crippen LogP contribution in [0.15, 0.2) is 24.3 Å². The minimum absolute atomic E-state index is 0.0263. The van der Waals surface area contributed by atoms with Gasteiger partial charge in [-0.2, -0.15) is 0 Å². The van der Waals surface area contributed by atoms with Crippen molar-refractivity contribution in [2.24, 2.45) is 11.8 Å². The Balaban J connectivity index is 1.81. The van der Waals surface area contributed by atoms with Crippen molar-refractivity contribution in [3.63, 3.8) is 0 Å². The van der Waals surface area contributed by atoms with Gasteiger partial charge in [0.15, 0.2) is 5.11 Å². The Labute approximate surface area is 164 Å². The summed E-state index contributed by atoms with van der Waals surface area (Å²) in [7, 11) is 0. The van der Waals surface area contributed by atoms with Gasteiger partial charge < -0.3 is 10.6 Å². The van der Waals surface area contributed by atoms with Crippen LogP contribution in [0, 0.1) is 11.8 Å². The van der Waals surface area contributed by atoms with Crippen LogP contribution < -0.4 is 21.5 Å². The number of anilines is 1. The molecule has 27 heavy (non-hydrogen) atoms. The number of amides is 3. The lowest BCUT2D eigenvalue weighted by molar-refractivity contribution is -0.122. The van der Waals surface area contributed by atoms with Crippen LogP contribution >= 0.6 is 12.2 Å². The number of carbonyl (C=O) groups excluding carboxylic acids is 3. The van der Waals surface area contributed by atoms with Gasteiger partial charge in [-0.05, 0) is 49.3 Å². The molecule has 146 valence electrons. The summed E-state index contributed by atoms with van der Waals surface area (Å²) in [4.78, 5) is 35.9. The first-order valence-corrected chi connectivity index (χ1v) is 9.59. The highest BCUT2D eigenvalue weighted by Gasteiger charge is 2.21. The molecule has 1 saturated carbocycles. The molecule has 1 aliphatic rings. The van der Waals surface area contributed by atoms with E-state index in [9.17, 15) is 14.4 Å². The fraction of sp³-hybridized carbons (Fsp3) is 0.474. The second-order valence-corrected chi connectivity index (χ2v) is 7.36. The summed E-state index contributed by atoms with van der Waals surface area (Å²) in [5.41, 5.74) is 5.97. The number of carbonyl (C=O) groups is 3. The zero-order valence-electron chi connectivity index (χ0n) is 15.6. The molecular weight excluding hydrogens is 364 g/mol. The quantitative estimate of drug-likeness (QED) is 0.468. The largest absolute Gasteiger partial charge is 0.326 e. The molecule has 0 aliphatic heterocycles. The second-order valence-electron chi connectivity index (χ2n) is 6.95. The van der Waals surface area contributed by atoms with E-state index in [1.807, 2.05) is 0 Å². The first kappa shape index (κ1) is 20.8. The van der Waals surface area contributed by atoms with Gasteiger partial charge in [0.1, 0.15) is 0 Å². The maximum atomic E-state index is 12.3. The molecule has 0 unspecified atom stereocenters. The molecule has 3 amide bonds. The summed E-state index contributed by atoms with van der Waals surface area (Å²) in [5.74, 6) is -0.731. The van der Waals surface area contributed by atoms with Crippen LogP contribution in [-0.4, -0.2) is 22.8 Å². The highest BCUT2D eigenvalue weighted by atomic mass is 32.1. The summed E-state index contributed by atoms with van der Waals surface area (Å²) in [6.07, 6.45) is 5.27. The van der Waals surface area contributed by atoms with Crippen LogP contribution in [-0.2, 0) is 9.59 Å². The Kier molecular flexibility index (Phi) is 7.72. The Hall–Kier alpha value is -2.48. The van der Waals surface area contributed by atoms with Gasteiger partial charge in [-0.3, -0.25) is 25.2 Å². The van der Waals surface area contributed by atoms with Gasteiger partial charge in [0.2, 0.25) is 11.8 Å². The first-order chi connectivity index (χ1) is 12.9. The van der Waals surface area contributed by atoms with Crippen LogP contribution in [0.5, 0.6) is 0 Å². The van der Waals surface area contributed by atoms with Gasteiger partial charge in [-0.25, -0.2) is 0 Å². The van der Waals surface area contributed by atoms with Crippen molar-refractivity contribution in [2.45, 2.75) is 46.0 Å². The second kappa shape index (κ2) is 10.0. The van der Waals surface area contributed by atoms with Crippen LogP contribution in [0.4, 0.5) is 5.69 Å². The lowest BCUT2D eigenvalue weighted by Crippen LogP contribution is -2.49. The van der Waals surface area contributed by atoms with Crippen LogP contribution in [0.3, 0.4) is 0 Å². The number of thiocarbonyl (C=S) groups is 1. The molecule has 1 aromatic carbocycles. The highest BCUT2D eigenvalue weighted by molar-refractivity contribution is 7.80. The lowest BCUT2D eigenvalue weighted by Gasteiger charge is -2.20. The lowest BCUT2D eigenvalue weighted by atomic mass is 9.88. The Bertz CT molecular complexity index is 697. The number of rotatable bonds is 4. The van der Waals surface area contributed by atoms with E-state index >= 15 is 0 Å². The van der Waals surface area contributed by atoms with Gasteiger partial charge in [-0.1, -0.05) is 33.1 Å². The van der Waals surface area contributed by atoms with Crippen LogP contribution in [0.1, 0.15) is 56.3 Å². The molecule has 0 atom stereocenters. The molecule has 0 bridgehead atoms. The van der Waals surface area contributed by atoms with E-state index in [0.717, 1.165) is 25.7 Å². The normalized spacial score (nSPS) is 14.3. The number of hydrogen-bond donors (Lipinski definition) is 4. The number of nitrogens with one attached hydrogen (secondary N) is 4. The molecule has 0 spiro atoms. The van der Waals surface area contributed by atoms with Gasteiger partial charge in [0.25, 0.3) is 5.91 Å². The molecule has 7 nitrogen and oxygen atoms in total. The molecule has 0 radical (unpaired) electrons. The maximum absolute atomic E-state index is 12.3. The van der Waals surface area contributed by atoms with Crippen molar-refractivity contribution < 1.29 is 14.4 Å². The van der Waals surface area contributed by atoms with E-state index in [2.05, 4.69) is 21.5 Å². The third-order valence-electron chi connectivity index (χ3n) is 4.44. The monoisotopic (exact) mass is 390 g/mol. The van der Waals surface area contributed by atoms with Crippen molar-refractivity contribution in [3.8, 4) is 0 Å². The predicted octanol–water partition coefficient (Wildman–Crippen LogP) is 2.50. The summed E-state index contributed by atoms with van der Waals surface area (Å²) < 4.78 is 0. The van der Waals surface area contributed by atoms with Crippen LogP contribution in [0.25, 0.3) is 0 Å². The van der Waals surface area contributed by atoms with Crippen molar-refractivity contribution in [1.29, 1.82) is 0 Å². The van der Waals surface area contributed by atoms with E-state index in [1.54, 1.807) is 38.1 Å². The van der Waals surface area contributed by atoms with Crippen molar-refractivity contribution in [1.82, 2.24) is 16.2 Å². The number of hydrogen-bond acceptors (Lipinski definition) is 4. The summed E-state index contributed by atoms with van der Waals surface area (Å²) in [6, 6.07) is 6.61. The predicted molar refractivity (Wildman–Crippen MR) is 108 cm³/mol. The molecular formula is C19H26N4O3S.